The molecule has 182 valence electrons. The zero-order valence-electron chi connectivity index (χ0n) is 21.5. The van der Waals surface area contributed by atoms with E-state index in [-0.39, 0.29) is 48.4 Å². The Labute approximate surface area is 195 Å². The number of aryl methyl sites for hydroxylation is 1. The van der Waals surface area contributed by atoms with Crippen LogP contribution in [0.1, 0.15) is 91.8 Å². The highest BCUT2D eigenvalue weighted by molar-refractivity contribution is 7.57. The number of carbonyl (C=O) groups excluding carboxylic acids is 1. The Kier molecular flexibility index (Phi) is 9.54. The number of phenolic OH excluding ortho intramolecular Hbond substituents is 1. The van der Waals surface area contributed by atoms with Crippen LogP contribution in [0.5, 0.6) is 5.75 Å². The number of aromatic hydroxyl groups is 1. The summed E-state index contributed by atoms with van der Waals surface area (Å²) in [4.78, 5) is 13.1. The minimum absolute atomic E-state index is 0.118. The van der Waals surface area contributed by atoms with E-state index in [0.717, 1.165) is 16.7 Å². The number of carbonyl (C=O) groups is 1. The van der Waals surface area contributed by atoms with Crippen molar-refractivity contribution in [2.75, 3.05) is 13.2 Å². The monoisotopic (exact) mass is 466 g/mol. The molecule has 0 saturated carbocycles. The Morgan fingerprint density at radius 2 is 1.56 bits per heavy atom. The molecule has 0 fully saturated rings. The van der Waals surface area contributed by atoms with Gasteiger partial charge in [-0.3, -0.25) is 9.36 Å². The molecule has 5 nitrogen and oxygen atoms in total. The molecule has 0 aliphatic rings. The third-order valence-electron chi connectivity index (χ3n) is 6.02. The summed E-state index contributed by atoms with van der Waals surface area (Å²) in [5, 5.41) is 9.80. The maximum atomic E-state index is 13.8. The second kappa shape index (κ2) is 10.7. The summed E-state index contributed by atoms with van der Waals surface area (Å²) in [7, 11) is -3.78. The van der Waals surface area contributed by atoms with Gasteiger partial charge in [-0.15, -0.1) is 0 Å². The topological polar surface area (TPSA) is 72.8 Å². The Balaban J connectivity index is 3.65. The number of ketones is 1. The molecular formula is C26H43O5P. The summed E-state index contributed by atoms with van der Waals surface area (Å²) < 4.78 is 25.1. The molecule has 32 heavy (non-hydrogen) atoms. The maximum Gasteiger partial charge on any atom is 0.344 e. The third kappa shape index (κ3) is 5.92. The molecule has 6 heteroatoms. The van der Waals surface area contributed by atoms with Crippen LogP contribution in [0.4, 0.5) is 0 Å². The lowest BCUT2D eigenvalue weighted by atomic mass is 9.78. The van der Waals surface area contributed by atoms with Crippen LogP contribution in [0.15, 0.2) is 24.8 Å². The highest BCUT2D eigenvalue weighted by Gasteiger charge is 2.53. The second-order valence-corrected chi connectivity index (χ2v) is 12.7. The van der Waals surface area contributed by atoms with Gasteiger partial charge in [0.2, 0.25) is 0 Å². The van der Waals surface area contributed by atoms with Crippen molar-refractivity contribution in [1.29, 1.82) is 0 Å². The summed E-state index contributed by atoms with van der Waals surface area (Å²) >= 11 is 0. The van der Waals surface area contributed by atoms with Gasteiger partial charge in [0.25, 0.3) is 0 Å². The normalized spacial score (nSPS) is 14.8. The standard InChI is InChI=1S/C26H43O5P/c1-11-22(27)26(12-2,32(29,30-13-3)31-14-4)16-15-19-17-20(24(5,6)7)18-21(23(19)28)25(8,9)10/h11,17-18,28H,1,12-16H2,2-10H3. The van der Waals surface area contributed by atoms with E-state index in [4.69, 9.17) is 9.05 Å². The van der Waals surface area contributed by atoms with Crippen molar-refractivity contribution in [2.45, 2.75) is 97.6 Å². The average molecular weight is 467 g/mol. The fraction of sp³-hybridized carbons (Fsp3) is 0.654. The molecule has 0 bridgehead atoms. The van der Waals surface area contributed by atoms with E-state index in [1.54, 1.807) is 13.8 Å². The zero-order valence-corrected chi connectivity index (χ0v) is 22.4. The highest BCUT2D eigenvalue weighted by Crippen LogP contribution is 2.64. The van der Waals surface area contributed by atoms with Crippen LogP contribution in [0.3, 0.4) is 0 Å². The molecule has 0 spiro atoms. The van der Waals surface area contributed by atoms with Crippen molar-refractivity contribution in [3.63, 3.8) is 0 Å². The molecular weight excluding hydrogens is 423 g/mol. The van der Waals surface area contributed by atoms with Crippen LogP contribution in [-0.2, 0) is 35.7 Å². The van der Waals surface area contributed by atoms with Gasteiger partial charge in [-0.1, -0.05) is 67.2 Å². The molecule has 1 rings (SSSR count). The van der Waals surface area contributed by atoms with Gasteiger partial charge < -0.3 is 14.2 Å². The van der Waals surface area contributed by atoms with Crippen molar-refractivity contribution in [2.24, 2.45) is 0 Å². The van der Waals surface area contributed by atoms with Gasteiger partial charge in [-0.25, -0.2) is 0 Å². The molecule has 0 heterocycles. The Hall–Kier alpha value is -1.42. The largest absolute Gasteiger partial charge is 0.507 e. The van der Waals surface area contributed by atoms with Gasteiger partial charge >= 0.3 is 7.60 Å². The van der Waals surface area contributed by atoms with Gasteiger partial charge in [-0.05, 0) is 66.7 Å². The fourth-order valence-corrected chi connectivity index (χ4v) is 6.37. The quantitative estimate of drug-likeness (QED) is 0.278. The molecule has 0 aliphatic carbocycles. The molecule has 1 aromatic rings. The predicted molar refractivity (Wildman–Crippen MR) is 133 cm³/mol. The molecule has 0 saturated heterocycles. The molecule has 0 aliphatic heterocycles. The van der Waals surface area contributed by atoms with Crippen molar-refractivity contribution in [3.05, 3.63) is 41.5 Å². The lowest BCUT2D eigenvalue weighted by molar-refractivity contribution is -0.117. The zero-order chi connectivity index (χ0) is 25.0. The van der Waals surface area contributed by atoms with E-state index >= 15 is 0 Å². The molecule has 1 unspecified atom stereocenters. The van der Waals surface area contributed by atoms with E-state index in [2.05, 4.69) is 54.2 Å². The summed E-state index contributed by atoms with van der Waals surface area (Å²) in [6.07, 6.45) is 2.06. The molecule has 0 radical (unpaired) electrons. The average Bonchev–Trinajstić information content (AvgIpc) is 2.67. The lowest BCUT2D eigenvalue weighted by Gasteiger charge is -2.36. The predicted octanol–water partition coefficient (Wildman–Crippen LogP) is 7.09. The van der Waals surface area contributed by atoms with Crippen LogP contribution in [-0.4, -0.2) is 29.3 Å². The SMILES string of the molecule is C=CC(=O)C(CC)(CCc1cc(C(C)(C)C)cc(C(C)(C)C)c1O)P(=O)(OCC)OCC. The Morgan fingerprint density at radius 3 is 1.94 bits per heavy atom. The summed E-state index contributed by atoms with van der Waals surface area (Å²) in [6, 6.07) is 4.06. The third-order valence-corrected chi connectivity index (χ3v) is 9.03. The molecule has 1 atom stereocenters. The van der Waals surface area contributed by atoms with E-state index in [1.165, 1.54) is 6.08 Å². The smallest absolute Gasteiger partial charge is 0.344 e. The molecule has 1 N–H and O–H groups in total. The first-order chi connectivity index (χ1) is 14.6. The van der Waals surface area contributed by atoms with Gasteiger partial charge in [0.1, 0.15) is 10.9 Å². The number of phenols is 1. The van der Waals surface area contributed by atoms with Crippen LogP contribution < -0.4 is 0 Å². The molecule has 0 amide bonds. The number of benzene rings is 1. The van der Waals surface area contributed by atoms with Gasteiger partial charge in [0.15, 0.2) is 5.78 Å². The van der Waals surface area contributed by atoms with Crippen molar-refractivity contribution < 1.29 is 23.5 Å². The van der Waals surface area contributed by atoms with Crippen molar-refractivity contribution in [1.82, 2.24) is 0 Å². The van der Waals surface area contributed by atoms with Gasteiger partial charge in [0, 0.05) is 0 Å². The molecule has 1 aromatic carbocycles. The first-order valence-electron chi connectivity index (χ1n) is 11.6. The number of rotatable bonds is 11. The maximum absolute atomic E-state index is 13.8. The van der Waals surface area contributed by atoms with Gasteiger partial charge in [0.05, 0.1) is 13.2 Å². The van der Waals surface area contributed by atoms with Gasteiger partial charge in [-0.2, -0.15) is 0 Å². The first-order valence-corrected chi connectivity index (χ1v) is 13.1. The first kappa shape index (κ1) is 28.6. The van der Waals surface area contributed by atoms with E-state index in [9.17, 15) is 14.5 Å². The summed E-state index contributed by atoms with van der Waals surface area (Å²) in [5.41, 5.74) is 2.31. The number of hydrogen-bond acceptors (Lipinski definition) is 5. The van der Waals surface area contributed by atoms with E-state index in [0.29, 0.717) is 6.42 Å². The van der Waals surface area contributed by atoms with Crippen molar-refractivity contribution in [3.8, 4) is 5.75 Å². The fourth-order valence-electron chi connectivity index (χ4n) is 3.99. The number of hydrogen-bond donors (Lipinski definition) is 1. The van der Waals surface area contributed by atoms with Crippen LogP contribution >= 0.6 is 7.60 Å². The summed E-state index contributed by atoms with van der Waals surface area (Å²) in [5.74, 6) is -0.128. The molecule has 0 aromatic heterocycles. The Morgan fingerprint density at radius 1 is 1.03 bits per heavy atom. The van der Waals surface area contributed by atoms with E-state index in [1.807, 2.05) is 13.0 Å². The minimum Gasteiger partial charge on any atom is -0.507 e. The number of allylic oxidation sites excluding steroid dienone is 1. The highest BCUT2D eigenvalue weighted by atomic mass is 31.2. The van der Waals surface area contributed by atoms with Crippen molar-refractivity contribution >= 4 is 13.4 Å². The van der Waals surface area contributed by atoms with Crippen LogP contribution in [0.2, 0.25) is 0 Å². The summed E-state index contributed by atoms with van der Waals surface area (Å²) in [6.45, 7) is 21.9. The van der Waals surface area contributed by atoms with Crippen LogP contribution in [0, 0.1) is 0 Å². The minimum atomic E-state index is -3.78. The van der Waals surface area contributed by atoms with Crippen LogP contribution in [0.25, 0.3) is 0 Å². The second-order valence-electron chi connectivity index (χ2n) is 10.3. The lowest BCUT2D eigenvalue weighted by Crippen LogP contribution is -2.39. The Bertz CT molecular complexity index is 850. The van der Waals surface area contributed by atoms with E-state index < -0.39 is 12.8 Å².